The predicted octanol–water partition coefficient (Wildman–Crippen LogP) is 6.94. The van der Waals surface area contributed by atoms with Crippen LogP contribution in [0.2, 0.25) is 0 Å². The van der Waals surface area contributed by atoms with Gasteiger partial charge in [0.15, 0.2) is 0 Å². The van der Waals surface area contributed by atoms with Gasteiger partial charge in [-0.1, -0.05) is 60.7 Å². The van der Waals surface area contributed by atoms with Crippen molar-refractivity contribution < 1.29 is 46.6 Å². The zero-order valence-electron chi connectivity index (χ0n) is 24.1. The highest BCUT2D eigenvalue weighted by Crippen LogP contribution is 2.26. The number of aromatic amines is 1. The van der Waals surface area contributed by atoms with Crippen LogP contribution < -0.4 is 0 Å². The number of carbonyl (C=O) groups is 4. The predicted molar refractivity (Wildman–Crippen MR) is 153 cm³/mol. The lowest BCUT2D eigenvalue weighted by Crippen LogP contribution is -2.28. The zero-order chi connectivity index (χ0) is 32.2. The first-order valence-corrected chi connectivity index (χ1v) is 12.6. The summed E-state index contributed by atoms with van der Waals surface area (Å²) in [4.78, 5) is 47.4. The lowest BCUT2D eigenvalue weighted by molar-refractivity contribution is -0.156. The van der Waals surface area contributed by atoms with Gasteiger partial charge in [0.25, 0.3) is 0 Å². The highest BCUT2D eigenvalue weighted by atomic mass is 19.4. The Morgan fingerprint density at radius 1 is 0.767 bits per heavy atom. The average Bonchev–Trinajstić information content (AvgIpc) is 3.65. The molecule has 2 aromatic carbocycles. The summed E-state index contributed by atoms with van der Waals surface area (Å²) in [7, 11) is 2.65. The monoisotopic (exact) mass is 600 g/mol. The molecule has 0 saturated heterocycles. The van der Waals surface area contributed by atoms with Crippen molar-refractivity contribution in [2.45, 2.75) is 32.5 Å². The molecule has 0 atom stereocenters. The van der Waals surface area contributed by atoms with E-state index in [1.807, 2.05) is 66.7 Å². The second-order valence-corrected chi connectivity index (χ2v) is 9.57. The molecule has 43 heavy (non-hydrogen) atoms. The van der Waals surface area contributed by atoms with E-state index in [1.165, 1.54) is 25.0 Å². The number of aromatic nitrogens is 2. The number of methoxy groups -OCH3 is 2. The van der Waals surface area contributed by atoms with Crippen LogP contribution in [0.4, 0.5) is 18.0 Å². The summed E-state index contributed by atoms with van der Waals surface area (Å²) in [5.74, 6) is -0.937. The first-order valence-electron chi connectivity index (χ1n) is 12.6. The van der Waals surface area contributed by atoms with E-state index in [9.17, 15) is 27.6 Å². The molecule has 12 heteroatoms. The Hall–Kier alpha value is -5.13. The number of halogens is 3. The molecule has 0 spiro atoms. The Morgan fingerprint density at radius 2 is 1.26 bits per heavy atom. The van der Waals surface area contributed by atoms with Gasteiger partial charge in [-0.25, -0.2) is 19.0 Å². The number of H-pyrrole nitrogens is 1. The Labute approximate surface area is 246 Å². The van der Waals surface area contributed by atoms with E-state index in [2.05, 4.69) is 9.72 Å². The van der Waals surface area contributed by atoms with Crippen molar-refractivity contribution in [1.29, 1.82) is 0 Å². The molecule has 0 radical (unpaired) electrons. The van der Waals surface area contributed by atoms with Crippen LogP contribution in [0.5, 0.6) is 0 Å². The second-order valence-electron chi connectivity index (χ2n) is 9.57. The summed E-state index contributed by atoms with van der Waals surface area (Å²) >= 11 is 0. The maximum absolute atomic E-state index is 12.3. The first-order chi connectivity index (χ1) is 20.2. The Balaban J connectivity index is 0.000000264. The standard InChI is InChI=1S/C17H19NO4.C12H11NO2.C2HF3O/c1-17(2,3)22-16(20)18-11-10-13(14(18)15(19)21-4)12-8-6-5-7-9-12;1-15-12(14)11-10(7-8-13-11)9-5-3-2-4-6-9;3-2(4,5)1-6/h5-11H,1-4H3;2-8,13H,1H3;1H. The van der Waals surface area contributed by atoms with Crippen LogP contribution in [0.15, 0.2) is 85.2 Å². The van der Waals surface area contributed by atoms with Crippen molar-refractivity contribution >= 4 is 24.3 Å². The van der Waals surface area contributed by atoms with Gasteiger partial charge in [0.2, 0.25) is 6.29 Å². The van der Waals surface area contributed by atoms with E-state index in [0.29, 0.717) is 11.3 Å². The van der Waals surface area contributed by atoms with Crippen LogP contribution in [0, 0.1) is 0 Å². The molecule has 0 aliphatic heterocycles. The Kier molecular flexibility index (Phi) is 12.0. The zero-order valence-corrected chi connectivity index (χ0v) is 24.1. The normalized spacial score (nSPS) is 10.7. The molecule has 0 bridgehead atoms. The minimum Gasteiger partial charge on any atom is -0.464 e. The molecule has 0 fully saturated rings. The summed E-state index contributed by atoms with van der Waals surface area (Å²) in [6.07, 6.45) is -3.07. The maximum atomic E-state index is 12.3. The van der Waals surface area contributed by atoms with Crippen molar-refractivity contribution in [3.8, 4) is 22.3 Å². The number of rotatable bonds is 4. The number of carbonyl (C=O) groups excluding carboxylic acids is 4. The van der Waals surface area contributed by atoms with Gasteiger partial charge >= 0.3 is 24.2 Å². The SMILES string of the molecule is COC(=O)c1[nH]ccc1-c1ccccc1.COC(=O)c1c(-c2ccccc2)ccn1C(=O)OC(C)(C)C.O=CC(F)(F)F. The van der Waals surface area contributed by atoms with Crippen LogP contribution in [0.1, 0.15) is 41.7 Å². The fraction of sp³-hybridized carbons (Fsp3) is 0.226. The number of hydrogen-bond acceptors (Lipinski definition) is 7. The number of hydrogen-bond donors (Lipinski definition) is 1. The Morgan fingerprint density at radius 3 is 1.70 bits per heavy atom. The van der Waals surface area contributed by atoms with Crippen LogP contribution in [0.3, 0.4) is 0 Å². The molecule has 4 aromatic rings. The molecule has 0 aliphatic rings. The summed E-state index contributed by atoms with van der Waals surface area (Å²) in [5, 5.41) is 0. The lowest BCUT2D eigenvalue weighted by Gasteiger charge is -2.20. The van der Waals surface area contributed by atoms with E-state index >= 15 is 0 Å². The van der Waals surface area contributed by atoms with Gasteiger partial charge < -0.3 is 19.2 Å². The number of alkyl halides is 3. The third-order valence-corrected chi connectivity index (χ3v) is 5.29. The van der Waals surface area contributed by atoms with Crippen LogP contribution in [0.25, 0.3) is 22.3 Å². The third kappa shape index (κ3) is 10.3. The first kappa shape index (κ1) is 34.1. The van der Waals surface area contributed by atoms with Crippen LogP contribution >= 0.6 is 0 Å². The topological polar surface area (TPSA) is 117 Å². The number of aldehydes is 1. The minimum absolute atomic E-state index is 0.156. The number of esters is 2. The van der Waals surface area contributed by atoms with Crippen molar-refractivity contribution in [3.05, 3.63) is 96.6 Å². The van der Waals surface area contributed by atoms with E-state index < -0.39 is 30.1 Å². The van der Waals surface area contributed by atoms with E-state index in [1.54, 1.807) is 33.0 Å². The summed E-state index contributed by atoms with van der Waals surface area (Å²) in [6, 6.07) is 22.6. The largest absolute Gasteiger partial charge is 0.464 e. The highest BCUT2D eigenvalue weighted by molar-refractivity contribution is 5.99. The molecule has 4 rings (SSSR count). The van der Waals surface area contributed by atoms with Crippen LogP contribution in [-0.4, -0.2) is 59.9 Å². The molecule has 2 heterocycles. The van der Waals surface area contributed by atoms with Gasteiger partial charge in [-0.3, -0.25) is 4.79 Å². The highest BCUT2D eigenvalue weighted by Gasteiger charge is 2.26. The minimum atomic E-state index is -4.64. The number of ether oxygens (including phenoxy) is 3. The number of nitrogens with one attached hydrogen (secondary N) is 1. The summed E-state index contributed by atoms with van der Waals surface area (Å²) in [5.41, 5.74) is 3.30. The molecular formula is C31H31F3N2O7. The van der Waals surface area contributed by atoms with Gasteiger partial charge in [0.05, 0.1) is 14.2 Å². The number of benzene rings is 2. The molecule has 228 valence electrons. The molecule has 0 saturated carbocycles. The van der Waals surface area contributed by atoms with Crippen LogP contribution in [-0.2, 0) is 19.0 Å². The van der Waals surface area contributed by atoms with Gasteiger partial charge in [0.1, 0.15) is 17.0 Å². The average molecular weight is 601 g/mol. The third-order valence-electron chi connectivity index (χ3n) is 5.29. The van der Waals surface area contributed by atoms with Crippen molar-refractivity contribution in [2.24, 2.45) is 0 Å². The van der Waals surface area contributed by atoms with E-state index in [0.717, 1.165) is 16.7 Å². The van der Waals surface area contributed by atoms with Gasteiger partial charge in [0, 0.05) is 23.5 Å². The Bertz CT molecular complexity index is 1500. The smallest absolute Gasteiger partial charge is 0.446 e. The number of nitrogens with zero attached hydrogens (tertiary/aromatic N) is 1. The van der Waals surface area contributed by atoms with Crippen molar-refractivity contribution in [1.82, 2.24) is 9.55 Å². The van der Waals surface area contributed by atoms with Crippen molar-refractivity contribution in [3.63, 3.8) is 0 Å². The molecule has 2 aromatic heterocycles. The quantitative estimate of drug-likeness (QED) is 0.153. The lowest BCUT2D eigenvalue weighted by atomic mass is 10.1. The van der Waals surface area contributed by atoms with Crippen molar-refractivity contribution in [2.75, 3.05) is 14.2 Å². The van der Waals surface area contributed by atoms with E-state index in [4.69, 9.17) is 14.3 Å². The molecular weight excluding hydrogens is 569 g/mol. The molecule has 0 amide bonds. The van der Waals surface area contributed by atoms with Gasteiger partial charge in [-0.05, 0) is 44.0 Å². The van der Waals surface area contributed by atoms with E-state index in [-0.39, 0.29) is 11.7 Å². The molecule has 9 nitrogen and oxygen atoms in total. The maximum Gasteiger partial charge on any atom is 0.446 e. The molecule has 0 aliphatic carbocycles. The second kappa shape index (κ2) is 15.2. The summed E-state index contributed by atoms with van der Waals surface area (Å²) in [6.45, 7) is 5.30. The fourth-order valence-electron chi connectivity index (χ4n) is 3.55. The van der Waals surface area contributed by atoms with Gasteiger partial charge in [-0.15, -0.1) is 0 Å². The summed E-state index contributed by atoms with van der Waals surface area (Å²) < 4.78 is 47.3. The molecule has 1 N–H and O–H groups in total. The fourth-order valence-corrected chi connectivity index (χ4v) is 3.55. The molecule has 0 unspecified atom stereocenters. The van der Waals surface area contributed by atoms with Gasteiger partial charge in [-0.2, -0.15) is 13.2 Å².